The molecular formula is C19H29N5O2S2. The number of hydrogen-bond acceptors (Lipinski definition) is 7. The molecule has 0 aromatic carbocycles. The molecule has 4 heterocycles. The molecule has 0 radical (unpaired) electrons. The second-order valence-corrected chi connectivity index (χ2v) is 11.2. The van der Waals surface area contributed by atoms with Crippen LogP contribution in [0.4, 0.5) is 5.82 Å². The number of sulfonamides is 1. The van der Waals surface area contributed by atoms with Crippen molar-refractivity contribution in [2.45, 2.75) is 40.2 Å². The summed E-state index contributed by atoms with van der Waals surface area (Å²) in [5, 5.41) is 1.14. The van der Waals surface area contributed by atoms with Gasteiger partial charge in [0, 0.05) is 31.1 Å². The maximum absolute atomic E-state index is 12.2. The van der Waals surface area contributed by atoms with E-state index in [2.05, 4.69) is 23.6 Å². The highest BCUT2D eigenvalue weighted by Crippen LogP contribution is 2.35. The van der Waals surface area contributed by atoms with Gasteiger partial charge in [0.15, 0.2) is 0 Å². The first-order valence-electron chi connectivity index (χ1n) is 10.1. The van der Waals surface area contributed by atoms with E-state index in [1.54, 1.807) is 22.6 Å². The number of rotatable bonds is 5. The molecule has 0 bridgehead atoms. The lowest BCUT2D eigenvalue weighted by Crippen LogP contribution is -2.49. The first kappa shape index (κ1) is 20.0. The number of fused-ring (bicyclic) bond motifs is 1. The van der Waals surface area contributed by atoms with E-state index in [0.29, 0.717) is 26.2 Å². The average Bonchev–Trinajstić information content (AvgIpc) is 3.29. The SMILES string of the molecule is CCS(=O)(=O)N1CCN(c2nc(CN3CCCC3)nc3sc(C)c(C)c23)CC1. The number of anilines is 1. The summed E-state index contributed by atoms with van der Waals surface area (Å²) in [6, 6.07) is 0. The van der Waals surface area contributed by atoms with E-state index in [-0.39, 0.29) is 5.75 Å². The molecule has 0 spiro atoms. The van der Waals surface area contributed by atoms with Crippen LogP contribution in [0.5, 0.6) is 0 Å². The van der Waals surface area contributed by atoms with E-state index in [4.69, 9.17) is 9.97 Å². The Bertz CT molecular complexity index is 958. The Kier molecular flexibility index (Phi) is 5.61. The molecule has 0 atom stereocenters. The third kappa shape index (κ3) is 3.77. The van der Waals surface area contributed by atoms with Crippen molar-refractivity contribution in [2.24, 2.45) is 0 Å². The fourth-order valence-corrected chi connectivity index (χ4v) is 6.20. The normalized spacial score (nSPS) is 19.8. The smallest absolute Gasteiger partial charge is 0.213 e. The third-order valence-corrected chi connectivity index (χ3v) is 8.90. The Morgan fingerprint density at radius 3 is 2.32 bits per heavy atom. The van der Waals surface area contributed by atoms with Crippen molar-refractivity contribution < 1.29 is 8.42 Å². The minimum Gasteiger partial charge on any atom is -0.353 e. The quantitative estimate of drug-likeness (QED) is 0.735. The van der Waals surface area contributed by atoms with E-state index >= 15 is 0 Å². The summed E-state index contributed by atoms with van der Waals surface area (Å²) in [6.07, 6.45) is 2.50. The molecule has 0 aliphatic carbocycles. The summed E-state index contributed by atoms with van der Waals surface area (Å²) in [7, 11) is -3.13. The number of likely N-dealkylation sites (tertiary alicyclic amines) is 1. The van der Waals surface area contributed by atoms with Crippen LogP contribution < -0.4 is 4.90 Å². The largest absolute Gasteiger partial charge is 0.353 e. The molecule has 9 heteroatoms. The maximum Gasteiger partial charge on any atom is 0.213 e. The van der Waals surface area contributed by atoms with Gasteiger partial charge in [-0.25, -0.2) is 18.4 Å². The zero-order valence-electron chi connectivity index (χ0n) is 16.9. The van der Waals surface area contributed by atoms with Gasteiger partial charge in [0.25, 0.3) is 0 Å². The zero-order chi connectivity index (χ0) is 19.9. The number of aromatic nitrogens is 2. The van der Waals surface area contributed by atoms with Crippen molar-refractivity contribution in [3.63, 3.8) is 0 Å². The fourth-order valence-electron chi connectivity index (χ4n) is 4.07. The third-order valence-electron chi connectivity index (χ3n) is 5.92. The van der Waals surface area contributed by atoms with E-state index in [9.17, 15) is 8.42 Å². The maximum atomic E-state index is 12.2. The lowest BCUT2D eigenvalue weighted by atomic mass is 10.2. The second-order valence-electron chi connectivity index (χ2n) is 7.70. The van der Waals surface area contributed by atoms with Crippen LogP contribution in [0.15, 0.2) is 0 Å². The minimum atomic E-state index is -3.13. The number of piperazine rings is 1. The van der Waals surface area contributed by atoms with E-state index in [1.165, 1.54) is 23.3 Å². The highest BCUT2D eigenvalue weighted by atomic mass is 32.2. The zero-order valence-corrected chi connectivity index (χ0v) is 18.6. The van der Waals surface area contributed by atoms with Gasteiger partial charge < -0.3 is 4.90 Å². The average molecular weight is 424 g/mol. The molecule has 2 aliphatic heterocycles. The van der Waals surface area contributed by atoms with E-state index in [1.807, 2.05) is 0 Å². The Morgan fingerprint density at radius 1 is 1.00 bits per heavy atom. The predicted octanol–water partition coefficient (Wildman–Crippen LogP) is 2.38. The lowest BCUT2D eigenvalue weighted by Gasteiger charge is -2.35. The van der Waals surface area contributed by atoms with Gasteiger partial charge in [-0.2, -0.15) is 4.31 Å². The van der Waals surface area contributed by atoms with Crippen molar-refractivity contribution in [1.82, 2.24) is 19.2 Å². The fraction of sp³-hybridized carbons (Fsp3) is 0.684. The number of hydrogen-bond donors (Lipinski definition) is 0. The topological polar surface area (TPSA) is 69.6 Å². The molecule has 0 unspecified atom stereocenters. The van der Waals surface area contributed by atoms with E-state index in [0.717, 1.165) is 41.5 Å². The van der Waals surface area contributed by atoms with Gasteiger partial charge in [-0.3, -0.25) is 4.90 Å². The Hall–Kier alpha value is -1.29. The summed E-state index contributed by atoms with van der Waals surface area (Å²) in [5.74, 6) is 2.02. The number of thiophene rings is 1. The molecule has 2 fully saturated rings. The summed E-state index contributed by atoms with van der Waals surface area (Å²) in [5.41, 5.74) is 1.24. The summed E-state index contributed by atoms with van der Waals surface area (Å²) < 4.78 is 26.0. The summed E-state index contributed by atoms with van der Waals surface area (Å²) in [4.78, 5) is 16.9. The molecular weight excluding hydrogens is 394 g/mol. The van der Waals surface area contributed by atoms with Crippen molar-refractivity contribution in [3.05, 3.63) is 16.3 Å². The molecule has 7 nitrogen and oxygen atoms in total. The van der Waals surface area contributed by atoms with Crippen molar-refractivity contribution in [2.75, 3.05) is 49.9 Å². The summed E-state index contributed by atoms with van der Waals surface area (Å²) >= 11 is 1.73. The summed E-state index contributed by atoms with van der Waals surface area (Å²) in [6.45, 7) is 11.4. The molecule has 0 amide bonds. The van der Waals surface area contributed by atoms with Gasteiger partial charge in [0.1, 0.15) is 16.5 Å². The monoisotopic (exact) mass is 423 g/mol. The molecule has 4 rings (SSSR count). The Morgan fingerprint density at radius 2 is 1.68 bits per heavy atom. The molecule has 2 aromatic heterocycles. The van der Waals surface area contributed by atoms with Gasteiger partial charge in [-0.15, -0.1) is 11.3 Å². The molecule has 0 saturated carbocycles. The van der Waals surface area contributed by atoms with Gasteiger partial charge in [0.2, 0.25) is 10.0 Å². The van der Waals surface area contributed by atoms with E-state index < -0.39 is 10.0 Å². The Labute approximate surface area is 171 Å². The molecule has 2 aliphatic rings. The van der Waals surface area contributed by atoms with Crippen molar-refractivity contribution >= 4 is 37.4 Å². The molecule has 2 aromatic rings. The Balaban J connectivity index is 1.65. The van der Waals surface area contributed by atoms with Crippen LogP contribution >= 0.6 is 11.3 Å². The van der Waals surface area contributed by atoms with Crippen LogP contribution in [0.1, 0.15) is 36.0 Å². The molecule has 2 saturated heterocycles. The molecule has 28 heavy (non-hydrogen) atoms. The lowest BCUT2D eigenvalue weighted by molar-refractivity contribution is 0.322. The first-order valence-corrected chi connectivity index (χ1v) is 12.5. The predicted molar refractivity (Wildman–Crippen MR) is 115 cm³/mol. The van der Waals surface area contributed by atoms with Crippen LogP contribution in [0.25, 0.3) is 10.2 Å². The van der Waals surface area contributed by atoms with Gasteiger partial charge in [-0.1, -0.05) is 0 Å². The second kappa shape index (κ2) is 7.85. The molecule has 0 N–H and O–H groups in total. The first-order chi connectivity index (χ1) is 13.4. The van der Waals surface area contributed by atoms with Crippen molar-refractivity contribution in [1.29, 1.82) is 0 Å². The number of nitrogens with zero attached hydrogens (tertiary/aromatic N) is 5. The van der Waals surface area contributed by atoms with Gasteiger partial charge in [0.05, 0.1) is 17.7 Å². The molecule has 154 valence electrons. The highest BCUT2D eigenvalue weighted by Gasteiger charge is 2.28. The van der Waals surface area contributed by atoms with Crippen LogP contribution in [0, 0.1) is 13.8 Å². The van der Waals surface area contributed by atoms with Crippen LogP contribution in [-0.2, 0) is 16.6 Å². The standard InChI is InChI=1S/C19H29N5O2S2/c1-4-28(25,26)24-11-9-23(10-12-24)18-17-14(2)15(3)27-19(17)21-16(20-18)13-22-7-5-6-8-22/h4-13H2,1-3H3. The van der Waals surface area contributed by atoms with Crippen LogP contribution in [0.2, 0.25) is 0 Å². The van der Waals surface area contributed by atoms with Gasteiger partial charge >= 0.3 is 0 Å². The highest BCUT2D eigenvalue weighted by molar-refractivity contribution is 7.89. The minimum absolute atomic E-state index is 0.160. The van der Waals surface area contributed by atoms with Crippen molar-refractivity contribution in [3.8, 4) is 0 Å². The van der Waals surface area contributed by atoms with Crippen LogP contribution in [-0.4, -0.2) is 72.6 Å². The number of aryl methyl sites for hydroxylation is 2. The van der Waals surface area contributed by atoms with Gasteiger partial charge in [-0.05, 0) is 52.3 Å². The van der Waals surface area contributed by atoms with Crippen LogP contribution in [0.3, 0.4) is 0 Å².